The molecule has 1 aromatic carbocycles. The average molecular weight is 247 g/mol. The molecule has 1 aliphatic heterocycles. The molecule has 2 atom stereocenters. The molecule has 18 heavy (non-hydrogen) atoms. The second-order valence-corrected chi connectivity index (χ2v) is 5.58. The lowest BCUT2D eigenvalue weighted by Crippen LogP contribution is -2.28. The van der Waals surface area contributed by atoms with Gasteiger partial charge in [0.05, 0.1) is 6.04 Å². The molecule has 1 aromatic rings. The fourth-order valence-electron chi connectivity index (χ4n) is 2.95. The zero-order chi connectivity index (χ0) is 13.3. The Morgan fingerprint density at radius 2 is 2.06 bits per heavy atom. The minimum absolute atomic E-state index is 0.286. The van der Waals surface area contributed by atoms with Crippen molar-refractivity contribution in [2.24, 2.45) is 0 Å². The molecule has 2 rings (SSSR count). The van der Waals surface area contributed by atoms with Crippen molar-refractivity contribution in [2.45, 2.75) is 58.6 Å². The molecular weight excluding hydrogens is 222 g/mol. The Balaban J connectivity index is 2.48. The zero-order valence-corrected chi connectivity index (χ0v) is 12.2. The lowest BCUT2D eigenvalue weighted by molar-refractivity contribution is 0.181. The third kappa shape index (κ3) is 2.14. The van der Waals surface area contributed by atoms with Crippen LogP contribution >= 0.6 is 0 Å². The Morgan fingerprint density at radius 3 is 2.61 bits per heavy atom. The number of likely N-dealkylation sites (N-methyl/N-ethyl adjacent to an activating group) is 1. The second kappa shape index (κ2) is 5.31. The largest absolute Gasteiger partial charge is 0.488 e. The van der Waals surface area contributed by atoms with E-state index in [1.165, 1.54) is 16.7 Å². The highest BCUT2D eigenvalue weighted by Crippen LogP contribution is 2.44. The molecular formula is C16H25NO. The van der Waals surface area contributed by atoms with Crippen LogP contribution in [0, 0.1) is 6.92 Å². The topological polar surface area (TPSA) is 21.3 Å². The number of rotatable bonds is 4. The number of aryl methyl sites for hydroxylation is 1. The molecule has 0 radical (unpaired) electrons. The van der Waals surface area contributed by atoms with Crippen LogP contribution in [0.5, 0.6) is 5.75 Å². The highest BCUT2D eigenvalue weighted by molar-refractivity contribution is 5.52. The van der Waals surface area contributed by atoms with E-state index in [0.717, 1.165) is 18.6 Å². The van der Waals surface area contributed by atoms with Crippen LogP contribution in [0.15, 0.2) is 12.1 Å². The first kappa shape index (κ1) is 13.4. The van der Waals surface area contributed by atoms with Gasteiger partial charge in [-0.1, -0.05) is 39.3 Å². The molecule has 0 saturated heterocycles. The van der Waals surface area contributed by atoms with Crippen molar-refractivity contribution in [2.75, 3.05) is 7.05 Å². The summed E-state index contributed by atoms with van der Waals surface area (Å²) in [4.78, 5) is 0. The first-order valence-corrected chi connectivity index (χ1v) is 7.07. The summed E-state index contributed by atoms with van der Waals surface area (Å²) in [5, 5.41) is 3.45. The SMILES string of the molecule is CCCC1Oc2c(C)ccc(C(C)C)c2C1NC. The van der Waals surface area contributed by atoms with Crippen molar-refractivity contribution in [3.63, 3.8) is 0 Å². The van der Waals surface area contributed by atoms with Crippen LogP contribution in [0.2, 0.25) is 0 Å². The predicted octanol–water partition coefficient (Wildman–Crippen LogP) is 3.94. The lowest BCUT2D eigenvalue weighted by Gasteiger charge is -2.20. The van der Waals surface area contributed by atoms with Gasteiger partial charge in [-0.3, -0.25) is 0 Å². The molecule has 0 bridgehead atoms. The zero-order valence-electron chi connectivity index (χ0n) is 12.2. The summed E-state index contributed by atoms with van der Waals surface area (Å²) in [5.74, 6) is 1.66. The normalized spacial score (nSPS) is 22.1. The smallest absolute Gasteiger partial charge is 0.127 e. The van der Waals surface area contributed by atoms with E-state index in [-0.39, 0.29) is 6.10 Å². The Kier molecular flexibility index (Phi) is 3.96. The summed E-state index contributed by atoms with van der Waals surface area (Å²) in [6, 6.07) is 4.80. The number of benzene rings is 1. The average Bonchev–Trinajstić information content (AvgIpc) is 2.69. The maximum absolute atomic E-state index is 6.21. The molecule has 0 spiro atoms. The highest BCUT2D eigenvalue weighted by Gasteiger charge is 2.35. The fourth-order valence-corrected chi connectivity index (χ4v) is 2.95. The Morgan fingerprint density at radius 1 is 1.33 bits per heavy atom. The van der Waals surface area contributed by atoms with Crippen LogP contribution in [0.3, 0.4) is 0 Å². The van der Waals surface area contributed by atoms with Crippen LogP contribution in [0.1, 0.15) is 62.3 Å². The van der Waals surface area contributed by atoms with Crippen LogP contribution in [0.25, 0.3) is 0 Å². The summed E-state index contributed by atoms with van der Waals surface area (Å²) in [6.45, 7) is 8.87. The summed E-state index contributed by atoms with van der Waals surface area (Å²) in [6.07, 6.45) is 2.55. The van der Waals surface area contributed by atoms with Crippen molar-refractivity contribution in [3.8, 4) is 5.75 Å². The summed E-state index contributed by atoms with van der Waals surface area (Å²) in [5.41, 5.74) is 4.08. The highest BCUT2D eigenvalue weighted by atomic mass is 16.5. The quantitative estimate of drug-likeness (QED) is 0.870. The first-order valence-electron chi connectivity index (χ1n) is 7.07. The molecule has 2 nitrogen and oxygen atoms in total. The van der Waals surface area contributed by atoms with Gasteiger partial charge in [0, 0.05) is 5.56 Å². The first-order chi connectivity index (χ1) is 8.60. The number of hydrogen-bond donors (Lipinski definition) is 1. The lowest BCUT2D eigenvalue weighted by atomic mass is 9.89. The van der Waals surface area contributed by atoms with E-state index in [2.05, 4.69) is 45.1 Å². The van der Waals surface area contributed by atoms with Gasteiger partial charge in [0.1, 0.15) is 11.9 Å². The number of hydrogen-bond acceptors (Lipinski definition) is 2. The molecule has 0 fully saturated rings. The van der Waals surface area contributed by atoms with Crippen LogP contribution < -0.4 is 10.1 Å². The Bertz CT molecular complexity index is 425. The van der Waals surface area contributed by atoms with Crippen molar-refractivity contribution >= 4 is 0 Å². The van der Waals surface area contributed by atoms with Crippen molar-refractivity contribution < 1.29 is 4.74 Å². The molecule has 0 aromatic heterocycles. The number of ether oxygens (including phenoxy) is 1. The third-order valence-corrected chi connectivity index (χ3v) is 3.88. The van der Waals surface area contributed by atoms with Gasteiger partial charge < -0.3 is 10.1 Å². The van der Waals surface area contributed by atoms with Crippen molar-refractivity contribution in [1.82, 2.24) is 5.32 Å². The van der Waals surface area contributed by atoms with Crippen LogP contribution in [0.4, 0.5) is 0 Å². The molecule has 0 amide bonds. The molecule has 2 unspecified atom stereocenters. The van der Waals surface area contributed by atoms with E-state index in [4.69, 9.17) is 4.74 Å². The summed E-state index contributed by atoms with van der Waals surface area (Å²) >= 11 is 0. The fraction of sp³-hybridized carbons (Fsp3) is 0.625. The van der Waals surface area contributed by atoms with E-state index < -0.39 is 0 Å². The minimum Gasteiger partial charge on any atom is -0.488 e. The van der Waals surface area contributed by atoms with Gasteiger partial charge in [0.2, 0.25) is 0 Å². The second-order valence-electron chi connectivity index (χ2n) is 5.58. The molecule has 1 N–H and O–H groups in total. The Hall–Kier alpha value is -1.02. The molecule has 2 heteroatoms. The monoisotopic (exact) mass is 247 g/mol. The van der Waals surface area contributed by atoms with Gasteiger partial charge in [0.15, 0.2) is 0 Å². The Labute approximate surface area is 111 Å². The van der Waals surface area contributed by atoms with Crippen LogP contribution in [-0.2, 0) is 0 Å². The molecule has 100 valence electrons. The number of nitrogens with one attached hydrogen (secondary N) is 1. The van der Waals surface area contributed by atoms with Crippen molar-refractivity contribution in [1.29, 1.82) is 0 Å². The molecule has 1 heterocycles. The summed E-state index contributed by atoms with van der Waals surface area (Å²) in [7, 11) is 2.04. The van der Waals surface area contributed by atoms with E-state index in [0.29, 0.717) is 12.0 Å². The van der Waals surface area contributed by atoms with Gasteiger partial charge in [-0.2, -0.15) is 0 Å². The number of fused-ring (bicyclic) bond motifs is 1. The van der Waals surface area contributed by atoms with E-state index in [1.54, 1.807) is 0 Å². The molecule has 1 aliphatic rings. The third-order valence-electron chi connectivity index (χ3n) is 3.88. The van der Waals surface area contributed by atoms with Gasteiger partial charge in [-0.05, 0) is 37.4 Å². The predicted molar refractivity (Wildman–Crippen MR) is 76.4 cm³/mol. The maximum atomic E-state index is 6.21. The van der Waals surface area contributed by atoms with E-state index >= 15 is 0 Å². The van der Waals surface area contributed by atoms with E-state index in [1.807, 2.05) is 7.05 Å². The molecule has 0 aliphatic carbocycles. The van der Waals surface area contributed by atoms with E-state index in [9.17, 15) is 0 Å². The van der Waals surface area contributed by atoms with Gasteiger partial charge in [0.25, 0.3) is 0 Å². The summed E-state index contributed by atoms with van der Waals surface area (Å²) < 4.78 is 6.21. The van der Waals surface area contributed by atoms with Crippen molar-refractivity contribution in [3.05, 3.63) is 28.8 Å². The standard InChI is InChI=1S/C16H25NO/c1-6-7-13-15(17-5)14-12(10(2)3)9-8-11(4)16(14)18-13/h8-10,13,15,17H,6-7H2,1-5H3. The van der Waals surface area contributed by atoms with Gasteiger partial charge >= 0.3 is 0 Å². The van der Waals surface area contributed by atoms with Gasteiger partial charge in [-0.25, -0.2) is 0 Å². The van der Waals surface area contributed by atoms with Crippen LogP contribution in [-0.4, -0.2) is 13.2 Å². The minimum atomic E-state index is 0.286. The van der Waals surface area contributed by atoms with Gasteiger partial charge in [-0.15, -0.1) is 0 Å². The maximum Gasteiger partial charge on any atom is 0.127 e. The molecule has 0 saturated carbocycles.